The second kappa shape index (κ2) is 5.72. The van der Waals surface area contributed by atoms with E-state index in [9.17, 15) is 0 Å². The van der Waals surface area contributed by atoms with Gasteiger partial charge in [-0.1, -0.05) is 26.7 Å². The van der Waals surface area contributed by atoms with Crippen molar-refractivity contribution < 1.29 is 4.74 Å². The van der Waals surface area contributed by atoms with E-state index >= 15 is 0 Å². The fraction of sp³-hybridized carbons (Fsp3) is 1.00. The minimum atomic E-state index is 0.561. The molecule has 0 amide bonds. The third-order valence-corrected chi connectivity index (χ3v) is 2.92. The molecule has 1 spiro atoms. The van der Waals surface area contributed by atoms with Crippen molar-refractivity contribution in [3.05, 3.63) is 0 Å². The van der Waals surface area contributed by atoms with Gasteiger partial charge >= 0.3 is 0 Å². The molecule has 2 rings (SSSR count). The Balaban J connectivity index is 0.000000293. The summed E-state index contributed by atoms with van der Waals surface area (Å²) in [5.74, 6) is 0. The summed E-state index contributed by atoms with van der Waals surface area (Å²) in [4.78, 5) is 2.45. The van der Waals surface area contributed by atoms with Crippen LogP contribution in [0.2, 0.25) is 0 Å². The summed E-state index contributed by atoms with van der Waals surface area (Å²) in [6, 6.07) is 0. The van der Waals surface area contributed by atoms with E-state index < -0.39 is 0 Å². The van der Waals surface area contributed by atoms with Gasteiger partial charge in [0, 0.05) is 12.0 Å². The zero-order valence-corrected chi connectivity index (χ0v) is 10.0. The number of rotatable bonds is 0. The number of ether oxygens (including phenoxy) is 1. The minimum absolute atomic E-state index is 0.561. The van der Waals surface area contributed by atoms with Crippen molar-refractivity contribution in [1.82, 2.24) is 4.90 Å². The molecule has 0 radical (unpaired) electrons. The van der Waals surface area contributed by atoms with Crippen molar-refractivity contribution in [2.75, 3.05) is 33.4 Å². The quantitative estimate of drug-likeness (QED) is 0.594. The molecule has 84 valence electrons. The fourth-order valence-electron chi connectivity index (χ4n) is 2.24. The van der Waals surface area contributed by atoms with Gasteiger partial charge in [0.25, 0.3) is 0 Å². The van der Waals surface area contributed by atoms with Gasteiger partial charge < -0.3 is 9.64 Å². The van der Waals surface area contributed by atoms with Crippen molar-refractivity contribution >= 4 is 0 Å². The second-order valence-corrected chi connectivity index (χ2v) is 4.89. The van der Waals surface area contributed by atoms with E-state index in [1.807, 2.05) is 0 Å². The van der Waals surface area contributed by atoms with Crippen molar-refractivity contribution in [2.24, 2.45) is 5.41 Å². The molecular formula is C12H25NO. The van der Waals surface area contributed by atoms with Gasteiger partial charge in [0.2, 0.25) is 0 Å². The summed E-state index contributed by atoms with van der Waals surface area (Å²) < 4.78 is 5.29. The Bertz CT molecular complexity index is 154. The Hall–Kier alpha value is -0.0800. The van der Waals surface area contributed by atoms with Crippen LogP contribution in [0, 0.1) is 5.41 Å². The summed E-state index contributed by atoms with van der Waals surface area (Å²) in [6.45, 7) is 8.81. The zero-order chi connectivity index (χ0) is 10.4. The lowest BCUT2D eigenvalue weighted by Gasteiger charge is -2.42. The molecule has 0 bridgehead atoms. The van der Waals surface area contributed by atoms with Crippen LogP contribution in [0.25, 0.3) is 0 Å². The van der Waals surface area contributed by atoms with Crippen LogP contribution in [0.1, 0.15) is 39.5 Å². The monoisotopic (exact) mass is 199 g/mol. The third kappa shape index (κ3) is 3.25. The Labute approximate surface area is 88.6 Å². The molecule has 0 aromatic heterocycles. The van der Waals surface area contributed by atoms with Crippen LogP contribution in [0.15, 0.2) is 0 Å². The van der Waals surface area contributed by atoms with Crippen LogP contribution >= 0.6 is 0 Å². The molecule has 0 N–H and O–H groups in total. The molecule has 2 saturated heterocycles. The summed E-state index contributed by atoms with van der Waals surface area (Å²) in [7, 11) is 2.23. The van der Waals surface area contributed by atoms with Gasteiger partial charge in [0.15, 0.2) is 0 Å². The van der Waals surface area contributed by atoms with E-state index in [1.54, 1.807) is 0 Å². The summed E-state index contributed by atoms with van der Waals surface area (Å²) >= 11 is 0. The predicted octanol–water partition coefficient (Wildman–Crippen LogP) is 2.54. The van der Waals surface area contributed by atoms with Crippen LogP contribution in [0.3, 0.4) is 0 Å². The predicted molar refractivity (Wildman–Crippen MR) is 60.6 cm³/mol. The molecule has 2 heteroatoms. The van der Waals surface area contributed by atoms with Gasteiger partial charge in [-0.3, -0.25) is 0 Å². The molecule has 0 aliphatic carbocycles. The molecule has 2 aliphatic rings. The lowest BCUT2D eigenvalue weighted by Crippen LogP contribution is -2.48. The van der Waals surface area contributed by atoms with Crippen molar-refractivity contribution in [2.45, 2.75) is 39.5 Å². The molecule has 0 aromatic carbocycles. The molecular weight excluding hydrogens is 174 g/mol. The Morgan fingerprint density at radius 3 is 2.36 bits per heavy atom. The maximum Gasteiger partial charge on any atom is 0.0557 e. The highest BCUT2D eigenvalue weighted by Crippen LogP contribution is 2.35. The molecule has 2 aliphatic heterocycles. The van der Waals surface area contributed by atoms with E-state index in [1.165, 1.54) is 38.8 Å². The zero-order valence-electron chi connectivity index (χ0n) is 10.0. The molecule has 2 fully saturated rings. The highest BCUT2D eigenvalue weighted by atomic mass is 16.5. The highest BCUT2D eigenvalue weighted by Gasteiger charge is 2.39. The van der Waals surface area contributed by atoms with E-state index in [4.69, 9.17) is 4.74 Å². The molecule has 2 heterocycles. The number of likely N-dealkylation sites (tertiary alicyclic amines) is 1. The topological polar surface area (TPSA) is 12.5 Å². The Morgan fingerprint density at radius 2 is 1.86 bits per heavy atom. The second-order valence-electron chi connectivity index (χ2n) is 4.89. The van der Waals surface area contributed by atoms with Crippen LogP contribution in [0.5, 0.6) is 0 Å². The fourth-order valence-corrected chi connectivity index (χ4v) is 2.24. The highest BCUT2D eigenvalue weighted by molar-refractivity contribution is 4.89. The van der Waals surface area contributed by atoms with Gasteiger partial charge in [-0.25, -0.2) is 0 Å². The van der Waals surface area contributed by atoms with Crippen LogP contribution in [0.4, 0.5) is 0 Å². The average molecular weight is 199 g/mol. The van der Waals surface area contributed by atoms with E-state index in [2.05, 4.69) is 25.8 Å². The lowest BCUT2D eigenvalue weighted by atomic mass is 9.81. The van der Waals surface area contributed by atoms with Gasteiger partial charge in [0.05, 0.1) is 13.2 Å². The smallest absolute Gasteiger partial charge is 0.0557 e. The van der Waals surface area contributed by atoms with Crippen LogP contribution < -0.4 is 0 Å². The molecule has 0 saturated carbocycles. The molecule has 14 heavy (non-hydrogen) atoms. The van der Waals surface area contributed by atoms with Crippen LogP contribution in [-0.4, -0.2) is 38.3 Å². The largest absolute Gasteiger partial charge is 0.380 e. The number of hydrogen-bond acceptors (Lipinski definition) is 2. The first-order chi connectivity index (χ1) is 6.72. The molecule has 2 nitrogen and oxygen atoms in total. The third-order valence-electron chi connectivity index (χ3n) is 2.92. The summed E-state index contributed by atoms with van der Waals surface area (Å²) in [6.07, 6.45) is 5.41. The molecule has 0 atom stereocenters. The Morgan fingerprint density at radius 1 is 1.21 bits per heavy atom. The maximum atomic E-state index is 5.29. The first-order valence-corrected chi connectivity index (χ1v) is 5.99. The standard InChI is InChI=1S/C9H17NO.C3H8/c1-10-5-3-2-4-9(6-10)7-11-8-9;1-3-2/h2-8H2,1H3;3H2,1-2H3. The van der Waals surface area contributed by atoms with Gasteiger partial charge in [-0.05, 0) is 26.4 Å². The van der Waals surface area contributed by atoms with Gasteiger partial charge in [-0.2, -0.15) is 0 Å². The molecule has 0 unspecified atom stereocenters. The van der Waals surface area contributed by atoms with Crippen molar-refractivity contribution in [3.8, 4) is 0 Å². The van der Waals surface area contributed by atoms with E-state index in [0.717, 1.165) is 13.2 Å². The SMILES string of the molecule is CCC.CN1CCCCC2(COC2)C1. The lowest BCUT2D eigenvalue weighted by molar-refractivity contribution is -0.124. The van der Waals surface area contributed by atoms with Gasteiger partial charge in [0.1, 0.15) is 0 Å². The van der Waals surface area contributed by atoms with Crippen molar-refractivity contribution in [3.63, 3.8) is 0 Å². The maximum absolute atomic E-state index is 5.29. The number of hydrogen-bond donors (Lipinski definition) is 0. The van der Waals surface area contributed by atoms with Crippen LogP contribution in [-0.2, 0) is 4.74 Å². The first-order valence-electron chi connectivity index (χ1n) is 5.99. The van der Waals surface area contributed by atoms with E-state index in [0.29, 0.717) is 5.41 Å². The minimum Gasteiger partial charge on any atom is -0.380 e. The number of nitrogens with zero attached hydrogens (tertiary/aromatic N) is 1. The van der Waals surface area contributed by atoms with Crippen molar-refractivity contribution in [1.29, 1.82) is 0 Å². The van der Waals surface area contributed by atoms with E-state index in [-0.39, 0.29) is 0 Å². The average Bonchev–Trinajstić information content (AvgIpc) is 2.27. The summed E-state index contributed by atoms with van der Waals surface area (Å²) in [5, 5.41) is 0. The molecule has 0 aromatic rings. The normalized spacial score (nSPS) is 25.9. The summed E-state index contributed by atoms with van der Waals surface area (Å²) in [5.41, 5.74) is 0.561. The van der Waals surface area contributed by atoms with Gasteiger partial charge in [-0.15, -0.1) is 0 Å². The Kier molecular flexibility index (Phi) is 4.90. The first kappa shape index (κ1) is 12.0.